The summed E-state index contributed by atoms with van der Waals surface area (Å²) in [6, 6.07) is 1.96. The van der Waals surface area contributed by atoms with Crippen LogP contribution in [0.3, 0.4) is 0 Å². The average Bonchev–Trinajstić information content (AvgIpc) is 2.69. The van der Waals surface area contributed by atoms with E-state index in [9.17, 15) is 4.79 Å². The fourth-order valence-corrected chi connectivity index (χ4v) is 2.56. The maximum atomic E-state index is 12.1. The molecule has 2 aromatic heterocycles. The second-order valence-electron chi connectivity index (χ2n) is 4.63. The zero-order chi connectivity index (χ0) is 12.7. The predicted octanol–water partition coefficient (Wildman–Crippen LogP) is 1.71. The minimum atomic E-state index is -0.0900. The Morgan fingerprint density at radius 2 is 2.17 bits per heavy atom. The van der Waals surface area contributed by atoms with Crippen LogP contribution in [0.4, 0.5) is 0 Å². The van der Waals surface area contributed by atoms with Gasteiger partial charge in [0, 0.05) is 12.7 Å². The summed E-state index contributed by atoms with van der Waals surface area (Å²) in [7, 11) is 1.81. The summed E-state index contributed by atoms with van der Waals surface area (Å²) in [4.78, 5) is 15.1. The lowest BCUT2D eigenvalue weighted by molar-refractivity contribution is 0.665. The molecule has 0 aromatic carbocycles. The van der Waals surface area contributed by atoms with Crippen LogP contribution in [0, 0.1) is 4.77 Å². The number of H-pyrrole nitrogens is 2. The van der Waals surface area contributed by atoms with Gasteiger partial charge >= 0.3 is 0 Å². The highest BCUT2D eigenvalue weighted by atomic mass is 32.1. The van der Waals surface area contributed by atoms with Crippen LogP contribution in [-0.4, -0.2) is 19.7 Å². The Balaban J connectivity index is 2.21. The molecule has 0 spiro atoms. The van der Waals surface area contributed by atoms with Crippen molar-refractivity contribution in [3.63, 3.8) is 0 Å². The molecule has 0 fully saturated rings. The number of nitrogens with zero attached hydrogens (tertiary/aromatic N) is 2. The number of hydrogen-bond donors (Lipinski definition) is 2. The van der Waals surface area contributed by atoms with Gasteiger partial charge in [-0.2, -0.15) is 5.10 Å². The van der Waals surface area contributed by atoms with Crippen molar-refractivity contribution in [2.75, 3.05) is 0 Å². The van der Waals surface area contributed by atoms with Crippen LogP contribution in [0.15, 0.2) is 10.9 Å². The van der Waals surface area contributed by atoms with Gasteiger partial charge in [-0.25, -0.2) is 0 Å². The number of aryl methyl sites for hydroxylation is 2. The molecule has 0 unspecified atom stereocenters. The van der Waals surface area contributed by atoms with E-state index in [0.717, 1.165) is 25.0 Å². The largest absolute Gasteiger partial charge is 0.325 e. The number of nitrogens with one attached hydrogen (secondary N) is 2. The molecule has 1 aliphatic carbocycles. The average molecular weight is 262 g/mol. The van der Waals surface area contributed by atoms with Gasteiger partial charge in [-0.15, -0.1) is 0 Å². The summed E-state index contributed by atoms with van der Waals surface area (Å²) in [5, 5.41) is 6.83. The van der Waals surface area contributed by atoms with Crippen LogP contribution in [0.5, 0.6) is 0 Å². The quantitative estimate of drug-likeness (QED) is 0.769. The molecule has 2 aromatic rings. The highest BCUT2D eigenvalue weighted by molar-refractivity contribution is 7.71. The molecule has 0 saturated heterocycles. The molecule has 0 bridgehead atoms. The summed E-state index contributed by atoms with van der Waals surface area (Å²) in [6.45, 7) is 0. The zero-order valence-corrected chi connectivity index (χ0v) is 10.9. The summed E-state index contributed by atoms with van der Waals surface area (Å²) < 4.78 is 2.23. The molecule has 0 amide bonds. The van der Waals surface area contributed by atoms with E-state index in [4.69, 9.17) is 12.2 Å². The molecule has 0 saturated carbocycles. The van der Waals surface area contributed by atoms with E-state index < -0.39 is 0 Å². The Labute approximate surface area is 109 Å². The first-order valence-electron chi connectivity index (χ1n) is 6.03. The first-order valence-corrected chi connectivity index (χ1v) is 6.44. The second-order valence-corrected chi connectivity index (χ2v) is 5.02. The highest BCUT2D eigenvalue weighted by Gasteiger charge is 2.16. The number of rotatable bonds is 1. The molecule has 94 valence electrons. The molecule has 5 nitrogen and oxygen atoms in total. The third-order valence-electron chi connectivity index (χ3n) is 3.46. The number of pyridine rings is 1. The minimum absolute atomic E-state index is 0.0900. The lowest BCUT2D eigenvalue weighted by atomic mass is 9.95. The number of hydrogen-bond acceptors (Lipinski definition) is 3. The van der Waals surface area contributed by atoms with Crippen molar-refractivity contribution in [1.82, 2.24) is 19.7 Å². The molecule has 2 N–H and O–H groups in total. The summed E-state index contributed by atoms with van der Waals surface area (Å²) in [5.41, 5.74) is 2.80. The highest BCUT2D eigenvalue weighted by Crippen LogP contribution is 2.21. The van der Waals surface area contributed by atoms with Gasteiger partial charge in [0.15, 0.2) is 10.6 Å². The Kier molecular flexibility index (Phi) is 2.66. The fourth-order valence-electron chi connectivity index (χ4n) is 2.43. The standard InChI is InChI=1S/C12H14N4OS/c1-16-10(14-15-12(16)18)8-6-7-4-2-3-5-9(7)13-11(8)17/h6H,2-5H2,1H3,(H,13,17)(H,15,18). The van der Waals surface area contributed by atoms with E-state index in [1.54, 1.807) is 11.6 Å². The van der Waals surface area contributed by atoms with Crippen LogP contribution in [-0.2, 0) is 19.9 Å². The second kappa shape index (κ2) is 4.20. The molecule has 0 radical (unpaired) electrons. The first kappa shape index (κ1) is 11.4. The van der Waals surface area contributed by atoms with E-state index in [1.165, 1.54) is 12.0 Å². The lowest BCUT2D eigenvalue weighted by Crippen LogP contribution is -2.18. The third kappa shape index (κ3) is 1.73. The van der Waals surface area contributed by atoms with Crippen molar-refractivity contribution in [1.29, 1.82) is 0 Å². The van der Waals surface area contributed by atoms with E-state index in [1.807, 2.05) is 6.07 Å². The van der Waals surface area contributed by atoms with Crippen molar-refractivity contribution in [3.8, 4) is 11.4 Å². The normalized spacial score (nSPS) is 14.5. The number of fused-ring (bicyclic) bond motifs is 1. The molecular formula is C12H14N4OS. The van der Waals surface area contributed by atoms with E-state index >= 15 is 0 Å². The maximum absolute atomic E-state index is 12.1. The molecule has 0 atom stereocenters. The van der Waals surface area contributed by atoms with Crippen LogP contribution >= 0.6 is 12.2 Å². The molecule has 3 rings (SSSR count). The van der Waals surface area contributed by atoms with Gasteiger partial charge < -0.3 is 9.55 Å². The topological polar surface area (TPSA) is 66.5 Å². The van der Waals surface area contributed by atoms with Crippen LogP contribution in [0.2, 0.25) is 0 Å². The van der Waals surface area contributed by atoms with E-state index in [2.05, 4.69) is 15.2 Å². The lowest BCUT2D eigenvalue weighted by Gasteiger charge is -2.15. The number of aromatic amines is 2. The van der Waals surface area contributed by atoms with Crippen molar-refractivity contribution < 1.29 is 0 Å². The number of aromatic nitrogens is 4. The predicted molar refractivity (Wildman–Crippen MR) is 71.1 cm³/mol. The Morgan fingerprint density at radius 3 is 2.89 bits per heavy atom. The molecule has 6 heteroatoms. The zero-order valence-electron chi connectivity index (χ0n) is 10.1. The van der Waals surface area contributed by atoms with Gasteiger partial charge in [0.25, 0.3) is 5.56 Å². The van der Waals surface area contributed by atoms with E-state index in [-0.39, 0.29) is 5.56 Å². The summed E-state index contributed by atoms with van der Waals surface area (Å²) in [6.07, 6.45) is 4.31. The summed E-state index contributed by atoms with van der Waals surface area (Å²) in [5.74, 6) is 0.592. The molecule has 18 heavy (non-hydrogen) atoms. The van der Waals surface area contributed by atoms with Gasteiger partial charge in [0.1, 0.15) is 0 Å². The van der Waals surface area contributed by atoms with Crippen molar-refractivity contribution >= 4 is 12.2 Å². The van der Waals surface area contributed by atoms with Gasteiger partial charge in [0.2, 0.25) is 0 Å². The summed E-state index contributed by atoms with van der Waals surface area (Å²) >= 11 is 5.07. The van der Waals surface area contributed by atoms with Crippen molar-refractivity contribution in [2.24, 2.45) is 7.05 Å². The van der Waals surface area contributed by atoms with E-state index in [0.29, 0.717) is 16.2 Å². The minimum Gasteiger partial charge on any atom is -0.325 e. The maximum Gasteiger partial charge on any atom is 0.259 e. The van der Waals surface area contributed by atoms with Gasteiger partial charge in [-0.05, 0) is 49.5 Å². The van der Waals surface area contributed by atoms with Gasteiger partial charge in [0.05, 0.1) is 5.56 Å². The third-order valence-corrected chi connectivity index (χ3v) is 3.82. The Hall–Kier alpha value is -1.69. The monoisotopic (exact) mass is 262 g/mol. The van der Waals surface area contributed by atoms with Crippen molar-refractivity contribution in [3.05, 3.63) is 32.4 Å². The van der Waals surface area contributed by atoms with Crippen LogP contribution in [0.25, 0.3) is 11.4 Å². The molecule has 1 aliphatic rings. The molecule has 2 heterocycles. The first-order chi connectivity index (χ1) is 8.66. The molecule has 0 aliphatic heterocycles. The SMILES string of the molecule is Cn1c(-c2cc3c([nH]c2=O)CCCC3)n[nH]c1=S. The Bertz CT molecular complexity index is 710. The van der Waals surface area contributed by atoms with Crippen molar-refractivity contribution in [2.45, 2.75) is 25.7 Å². The van der Waals surface area contributed by atoms with Gasteiger partial charge in [-0.3, -0.25) is 9.89 Å². The van der Waals surface area contributed by atoms with Crippen LogP contribution in [0.1, 0.15) is 24.1 Å². The fraction of sp³-hybridized carbons (Fsp3) is 0.417. The smallest absolute Gasteiger partial charge is 0.259 e. The van der Waals surface area contributed by atoms with Crippen LogP contribution < -0.4 is 5.56 Å². The van der Waals surface area contributed by atoms with Gasteiger partial charge in [-0.1, -0.05) is 0 Å². The Morgan fingerprint density at radius 1 is 1.39 bits per heavy atom. The molecular weight excluding hydrogens is 248 g/mol.